The van der Waals surface area contributed by atoms with Crippen molar-refractivity contribution in [1.82, 2.24) is 4.90 Å². The van der Waals surface area contributed by atoms with Gasteiger partial charge in [-0.2, -0.15) is 5.26 Å². The van der Waals surface area contributed by atoms with E-state index in [2.05, 4.69) is 52.0 Å². The highest BCUT2D eigenvalue weighted by molar-refractivity contribution is 9.08. The van der Waals surface area contributed by atoms with Crippen molar-refractivity contribution < 1.29 is 0 Å². The van der Waals surface area contributed by atoms with Crippen molar-refractivity contribution >= 4 is 21.6 Å². The summed E-state index contributed by atoms with van der Waals surface area (Å²) in [6, 6.07) is 8.32. The van der Waals surface area contributed by atoms with Crippen molar-refractivity contribution in [3.63, 3.8) is 0 Å². The van der Waals surface area contributed by atoms with Crippen molar-refractivity contribution in [2.75, 3.05) is 39.1 Å². The Bertz CT molecular complexity index is 424. The molecule has 1 rings (SSSR count). The van der Waals surface area contributed by atoms with Crippen LogP contribution in [-0.4, -0.2) is 39.1 Å². The molecule has 0 spiro atoms. The Labute approximate surface area is 118 Å². The Balaban J connectivity index is 2.73. The molecule has 0 fully saturated rings. The third kappa shape index (κ3) is 4.32. The largest absolute Gasteiger partial charge is 0.373 e. The minimum Gasteiger partial charge on any atom is -0.373 e. The Morgan fingerprint density at radius 3 is 2.50 bits per heavy atom. The number of anilines is 1. The maximum atomic E-state index is 9.20. The van der Waals surface area contributed by atoms with Gasteiger partial charge in [-0.25, -0.2) is 0 Å². The summed E-state index contributed by atoms with van der Waals surface area (Å²) in [5.74, 6) is 0. The third-order valence-electron chi connectivity index (χ3n) is 2.85. The predicted octanol–water partition coefficient (Wildman–Crippen LogP) is 2.84. The van der Waals surface area contributed by atoms with Crippen molar-refractivity contribution in [2.24, 2.45) is 0 Å². The molecule has 1 aromatic rings. The van der Waals surface area contributed by atoms with E-state index in [0.29, 0.717) is 0 Å². The number of hydrogen-bond acceptors (Lipinski definition) is 3. The number of alkyl halides is 1. The van der Waals surface area contributed by atoms with Crippen LogP contribution in [0.3, 0.4) is 0 Å². The Kier molecular flexibility index (Phi) is 6.17. The minimum atomic E-state index is 0.749. The quantitative estimate of drug-likeness (QED) is 0.757. The molecule has 0 unspecified atom stereocenters. The molecule has 1 aromatic carbocycles. The molecule has 0 heterocycles. The van der Waals surface area contributed by atoms with Crippen LogP contribution in [-0.2, 0) is 5.33 Å². The fraction of sp³-hybridized carbons (Fsp3) is 0.500. The summed E-state index contributed by atoms with van der Waals surface area (Å²) < 4.78 is 0. The van der Waals surface area contributed by atoms with E-state index < -0.39 is 0 Å². The molecule has 0 amide bonds. The molecule has 0 radical (unpaired) electrons. The molecule has 0 saturated heterocycles. The van der Waals surface area contributed by atoms with Crippen LogP contribution in [0.4, 0.5) is 5.69 Å². The van der Waals surface area contributed by atoms with Crippen LogP contribution in [0.2, 0.25) is 0 Å². The predicted molar refractivity (Wildman–Crippen MR) is 80.2 cm³/mol. The molecule has 18 heavy (non-hydrogen) atoms. The SMILES string of the molecule is CN(C)CCCN(C)c1ccc(CBr)cc1C#N. The van der Waals surface area contributed by atoms with Crippen LogP contribution in [0.1, 0.15) is 17.5 Å². The highest BCUT2D eigenvalue weighted by atomic mass is 79.9. The van der Waals surface area contributed by atoms with E-state index in [0.717, 1.165) is 41.7 Å². The zero-order valence-corrected chi connectivity index (χ0v) is 12.9. The van der Waals surface area contributed by atoms with Gasteiger partial charge in [0, 0.05) is 18.9 Å². The van der Waals surface area contributed by atoms with Gasteiger partial charge in [0.25, 0.3) is 0 Å². The van der Waals surface area contributed by atoms with Crippen LogP contribution in [0.15, 0.2) is 18.2 Å². The van der Waals surface area contributed by atoms with Crippen LogP contribution in [0.5, 0.6) is 0 Å². The van der Waals surface area contributed by atoms with Crippen molar-refractivity contribution in [3.8, 4) is 6.07 Å². The first-order valence-electron chi connectivity index (χ1n) is 6.03. The molecule has 4 heteroatoms. The molecule has 0 aromatic heterocycles. The maximum absolute atomic E-state index is 9.20. The summed E-state index contributed by atoms with van der Waals surface area (Å²) >= 11 is 3.41. The average Bonchev–Trinajstić information content (AvgIpc) is 2.37. The summed E-state index contributed by atoms with van der Waals surface area (Å²) in [4.78, 5) is 4.33. The number of benzene rings is 1. The van der Waals surface area contributed by atoms with Crippen molar-refractivity contribution in [2.45, 2.75) is 11.8 Å². The highest BCUT2D eigenvalue weighted by Gasteiger charge is 2.08. The lowest BCUT2D eigenvalue weighted by atomic mass is 10.1. The normalized spacial score (nSPS) is 10.4. The van der Waals surface area contributed by atoms with Crippen LogP contribution >= 0.6 is 15.9 Å². The summed E-state index contributed by atoms with van der Waals surface area (Å²) in [6.07, 6.45) is 1.09. The second-order valence-corrected chi connectivity index (χ2v) is 5.24. The maximum Gasteiger partial charge on any atom is 0.101 e. The van der Waals surface area contributed by atoms with Gasteiger partial charge >= 0.3 is 0 Å². The molecular weight excluding hydrogens is 290 g/mol. The van der Waals surface area contributed by atoms with Crippen LogP contribution < -0.4 is 4.90 Å². The molecule has 0 aliphatic carbocycles. The first-order valence-corrected chi connectivity index (χ1v) is 7.15. The number of rotatable bonds is 6. The van der Waals surface area contributed by atoms with E-state index in [4.69, 9.17) is 0 Å². The Hall–Kier alpha value is -1.05. The summed E-state index contributed by atoms with van der Waals surface area (Å²) in [5.41, 5.74) is 2.90. The van der Waals surface area contributed by atoms with Gasteiger partial charge < -0.3 is 9.80 Å². The fourth-order valence-corrected chi connectivity index (χ4v) is 2.18. The molecule has 98 valence electrons. The summed E-state index contributed by atoms with van der Waals surface area (Å²) in [6.45, 7) is 2.02. The van der Waals surface area contributed by atoms with Crippen LogP contribution in [0.25, 0.3) is 0 Å². The lowest BCUT2D eigenvalue weighted by Gasteiger charge is -2.21. The molecule has 0 atom stereocenters. The number of nitriles is 1. The lowest BCUT2D eigenvalue weighted by molar-refractivity contribution is 0.401. The molecule has 0 saturated carbocycles. The second kappa shape index (κ2) is 7.40. The molecule has 3 nitrogen and oxygen atoms in total. The van der Waals surface area contributed by atoms with E-state index in [1.165, 1.54) is 0 Å². The zero-order valence-electron chi connectivity index (χ0n) is 11.3. The molecule has 0 bridgehead atoms. The Morgan fingerprint density at radius 2 is 1.94 bits per heavy atom. The van der Waals surface area contributed by atoms with Gasteiger partial charge in [0.15, 0.2) is 0 Å². The van der Waals surface area contributed by atoms with E-state index >= 15 is 0 Å². The number of hydrogen-bond donors (Lipinski definition) is 0. The van der Waals surface area contributed by atoms with Crippen molar-refractivity contribution in [3.05, 3.63) is 29.3 Å². The number of halogens is 1. The third-order valence-corrected chi connectivity index (χ3v) is 3.49. The van der Waals surface area contributed by atoms with E-state index in [-0.39, 0.29) is 0 Å². The van der Waals surface area contributed by atoms with Gasteiger partial charge in [-0.05, 0) is 44.8 Å². The zero-order chi connectivity index (χ0) is 13.5. The second-order valence-electron chi connectivity index (χ2n) is 4.68. The smallest absolute Gasteiger partial charge is 0.101 e. The van der Waals surface area contributed by atoms with Gasteiger partial charge in [-0.3, -0.25) is 0 Å². The topological polar surface area (TPSA) is 30.3 Å². The first-order chi connectivity index (χ1) is 8.58. The van der Waals surface area contributed by atoms with E-state index in [1.807, 2.05) is 19.2 Å². The summed E-state index contributed by atoms with van der Waals surface area (Å²) in [5, 5.41) is 9.98. The summed E-state index contributed by atoms with van der Waals surface area (Å²) in [7, 11) is 6.19. The average molecular weight is 310 g/mol. The minimum absolute atomic E-state index is 0.749. The van der Waals surface area contributed by atoms with Gasteiger partial charge in [0.2, 0.25) is 0 Å². The first kappa shape index (κ1) is 15.0. The Morgan fingerprint density at radius 1 is 1.22 bits per heavy atom. The van der Waals surface area contributed by atoms with Gasteiger partial charge in [0.05, 0.1) is 11.3 Å². The van der Waals surface area contributed by atoms with Gasteiger partial charge in [-0.15, -0.1) is 0 Å². The highest BCUT2D eigenvalue weighted by Crippen LogP contribution is 2.21. The van der Waals surface area contributed by atoms with Gasteiger partial charge in [0.1, 0.15) is 6.07 Å². The standard InChI is InChI=1S/C14H20BrN3/c1-17(2)7-4-8-18(3)14-6-5-12(10-15)9-13(14)11-16/h5-6,9H,4,7-8,10H2,1-3H3. The lowest BCUT2D eigenvalue weighted by Crippen LogP contribution is -2.24. The number of nitrogens with zero attached hydrogens (tertiary/aromatic N) is 3. The molecule has 0 aliphatic rings. The van der Waals surface area contributed by atoms with Gasteiger partial charge in [-0.1, -0.05) is 22.0 Å². The van der Waals surface area contributed by atoms with Crippen LogP contribution in [0, 0.1) is 11.3 Å². The molecule has 0 aliphatic heterocycles. The van der Waals surface area contributed by atoms with Crippen molar-refractivity contribution in [1.29, 1.82) is 5.26 Å². The molecule has 0 N–H and O–H groups in total. The van der Waals surface area contributed by atoms with E-state index in [1.54, 1.807) is 0 Å². The fourth-order valence-electron chi connectivity index (χ4n) is 1.83. The van der Waals surface area contributed by atoms with E-state index in [9.17, 15) is 5.26 Å². The monoisotopic (exact) mass is 309 g/mol. The molecular formula is C14H20BrN3.